The van der Waals surface area contributed by atoms with Gasteiger partial charge >= 0.3 is 0 Å². The average molecular weight is 230 g/mol. The first kappa shape index (κ1) is 13.2. The van der Waals surface area contributed by atoms with E-state index in [9.17, 15) is 0 Å². The van der Waals surface area contributed by atoms with Crippen LogP contribution in [0.4, 0.5) is 0 Å². The number of nitrogens with zero attached hydrogens (tertiary/aromatic N) is 3. The first-order valence-corrected chi connectivity index (χ1v) is 5.59. The van der Waals surface area contributed by atoms with Gasteiger partial charge in [-0.2, -0.15) is 0 Å². The van der Waals surface area contributed by atoms with E-state index in [0.29, 0.717) is 12.6 Å². The van der Waals surface area contributed by atoms with Crippen molar-refractivity contribution in [3.05, 3.63) is 0 Å². The standard InChI is InChI=1S/C10H22N4O2/c1-9(8-16-2)14-5-3-13(4-6-14)7-10(11)12-15/h9,15H,3-8H2,1-2H3,(H2,11,12). The van der Waals surface area contributed by atoms with Crippen molar-refractivity contribution >= 4 is 5.84 Å². The van der Waals surface area contributed by atoms with Crippen molar-refractivity contribution in [2.75, 3.05) is 46.4 Å². The van der Waals surface area contributed by atoms with Gasteiger partial charge in [-0.05, 0) is 6.92 Å². The fourth-order valence-electron chi connectivity index (χ4n) is 1.97. The van der Waals surface area contributed by atoms with Crippen molar-refractivity contribution in [2.24, 2.45) is 10.9 Å². The summed E-state index contributed by atoms with van der Waals surface area (Å²) in [5.74, 6) is 0.276. The van der Waals surface area contributed by atoms with Gasteiger partial charge in [-0.15, -0.1) is 0 Å². The van der Waals surface area contributed by atoms with Crippen LogP contribution in [0.1, 0.15) is 6.92 Å². The zero-order chi connectivity index (χ0) is 12.0. The molecule has 3 N–H and O–H groups in total. The molecule has 1 aliphatic rings. The Balaban J connectivity index is 2.28. The lowest BCUT2D eigenvalue weighted by Gasteiger charge is -2.37. The number of nitrogens with two attached hydrogens (primary N) is 1. The lowest BCUT2D eigenvalue weighted by molar-refractivity contribution is 0.0617. The minimum Gasteiger partial charge on any atom is -0.409 e. The molecule has 0 aromatic carbocycles. The predicted molar refractivity (Wildman–Crippen MR) is 62.8 cm³/mol. The molecule has 6 heteroatoms. The van der Waals surface area contributed by atoms with Crippen molar-refractivity contribution in [1.82, 2.24) is 9.80 Å². The summed E-state index contributed by atoms with van der Waals surface area (Å²) in [5.41, 5.74) is 5.47. The Labute approximate surface area is 96.6 Å². The van der Waals surface area contributed by atoms with E-state index in [4.69, 9.17) is 15.7 Å². The van der Waals surface area contributed by atoms with Crippen LogP contribution in [0.3, 0.4) is 0 Å². The molecule has 0 aromatic heterocycles. The second-order valence-electron chi connectivity index (χ2n) is 4.21. The molecule has 0 saturated carbocycles. The highest BCUT2D eigenvalue weighted by Gasteiger charge is 2.21. The van der Waals surface area contributed by atoms with Gasteiger partial charge in [-0.1, -0.05) is 5.16 Å². The second kappa shape index (κ2) is 6.67. The SMILES string of the molecule is COCC(C)N1CCN(CC(N)=NO)CC1. The fraction of sp³-hybridized carbons (Fsp3) is 0.900. The van der Waals surface area contributed by atoms with Crippen molar-refractivity contribution in [3.8, 4) is 0 Å². The molecule has 0 aromatic rings. The third-order valence-electron chi connectivity index (χ3n) is 2.95. The summed E-state index contributed by atoms with van der Waals surface area (Å²) in [6.07, 6.45) is 0. The maximum atomic E-state index is 8.48. The molecule has 1 saturated heterocycles. The van der Waals surface area contributed by atoms with E-state index in [1.807, 2.05) is 0 Å². The number of hydrogen-bond donors (Lipinski definition) is 2. The Morgan fingerprint density at radius 3 is 2.56 bits per heavy atom. The number of piperazine rings is 1. The molecule has 1 atom stereocenters. The van der Waals surface area contributed by atoms with Gasteiger partial charge in [-0.3, -0.25) is 9.80 Å². The smallest absolute Gasteiger partial charge is 0.153 e. The normalized spacial score (nSPS) is 22.2. The molecule has 16 heavy (non-hydrogen) atoms. The van der Waals surface area contributed by atoms with Crippen LogP contribution in [0.5, 0.6) is 0 Å². The Kier molecular flexibility index (Phi) is 5.51. The Morgan fingerprint density at radius 2 is 2.06 bits per heavy atom. The first-order chi connectivity index (χ1) is 7.67. The predicted octanol–water partition coefficient (Wildman–Crippen LogP) is -0.615. The van der Waals surface area contributed by atoms with Gasteiger partial charge in [0.25, 0.3) is 0 Å². The van der Waals surface area contributed by atoms with E-state index >= 15 is 0 Å². The molecule has 0 bridgehead atoms. The van der Waals surface area contributed by atoms with Gasteiger partial charge in [0.05, 0.1) is 13.2 Å². The number of ether oxygens (including phenoxy) is 1. The van der Waals surface area contributed by atoms with Gasteiger partial charge in [0.2, 0.25) is 0 Å². The summed E-state index contributed by atoms with van der Waals surface area (Å²) in [7, 11) is 1.73. The Morgan fingerprint density at radius 1 is 1.44 bits per heavy atom. The highest BCUT2D eigenvalue weighted by Crippen LogP contribution is 2.06. The lowest BCUT2D eigenvalue weighted by atomic mass is 10.2. The molecule has 1 aliphatic heterocycles. The summed E-state index contributed by atoms with van der Waals surface area (Å²) in [4.78, 5) is 4.58. The van der Waals surface area contributed by atoms with Gasteiger partial charge in [0.1, 0.15) is 0 Å². The van der Waals surface area contributed by atoms with E-state index in [2.05, 4.69) is 21.9 Å². The number of rotatable bonds is 5. The van der Waals surface area contributed by atoms with Gasteiger partial charge in [-0.25, -0.2) is 0 Å². The zero-order valence-corrected chi connectivity index (χ0v) is 10.1. The molecule has 0 radical (unpaired) electrons. The van der Waals surface area contributed by atoms with Crippen LogP contribution in [-0.2, 0) is 4.74 Å². The number of hydrogen-bond acceptors (Lipinski definition) is 5. The Bertz CT molecular complexity index is 227. The van der Waals surface area contributed by atoms with Crippen LogP contribution in [0.25, 0.3) is 0 Å². The van der Waals surface area contributed by atoms with E-state index in [0.717, 1.165) is 32.8 Å². The van der Waals surface area contributed by atoms with Crippen LogP contribution in [0, 0.1) is 0 Å². The maximum absolute atomic E-state index is 8.48. The highest BCUT2D eigenvalue weighted by atomic mass is 16.5. The molecule has 0 aliphatic carbocycles. The van der Waals surface area contributed by atoms with Crippen LogP contribution in [0.2, 0.25) is 0 Å². The minimum atomic E-state index is 0.276. The number of oxime groups is 1. The van der Waals surface area contributed by atoms with Crippen LogP contribution >= 0.6 is 0 Å². The lowest BCUT2D eigenvalue weighted by Crippen LogP contribution is -2.52. The van der Waals surface area contributed by atoms with Crippen LogP contribution in [-0.4, -0.2) is 73.3 Å². The van der Waals surface area contributed by atoms with Crippen molar-refractivity contribution in [3.63, 3.8) is 0 Å². The summed E-state index contributed by atoms with van der Waals surface area (Å²) >= 11 is 0. The molecule has 1 fully saturated rings. The topological polar surface area (TPSA) is 74.3 Å². The molecule has 6 nitrogen and oxygen atoms in total. The molecule has 1 unspecified atom stereocenters. The van der Waals surface area contributed by atoms with Gasteiger partial charge in [0, 0.05) is 39.3 Å². The maximum Gasteiger partial charge on any atom is 0.153 e. The summed E-state index contributed by atoms with van der Waals surface area (Å²) in [6, 6.07) is 0.455. The largest absolute Gasteiger partial charge is 0.409 e. The molecule has 1 rings (SSSR count). The number of amidine groups is 1. The molecule has 0 amide bonds. The van der Waals surface area contributed by atoms with E-state index in [-0.39, 0.29) is 5.84 Å². The monoisotopic (exact) mass is 230 g/mol. The fourth-order valence-corrected chi connectivity index (χ4v) is 1.97. The molecule has 0 spiro atoms. The molecule has 1 heterocycles. The van der Waals surface area contributed by atoms with Crippen molar-refractivity contribution in [2.45, 2.75) is 13.0 Å². The quantitative estimate of drug-likeness (QED) is 0.285. The van der Waals surface area contributed by atoms with Crippen molar-refractivity contribution in [1.29, 1.82) is 0 Å². The average Bonchev–Trinajstić information content (AvgIpc) is 2.30. The first-order valence-electron chi connectivity index (χ1n) is 5.59. The third kappa shape index (κ3) is 3.96. The van der Waals surface area contributed by atoms with Gasteiger partial charge in [0.15, 0.2) is 5.84 Å². The number of methoxy groups -OCH3 is 1. The molecular weight excluding hydrogens is 208 g/mol. The van der Waals surface area contributed by atoms with Crippen molar-refractivity contribution < 1.29 is 9.94 Å². The summed E-state index contributed by atoms with van der Waals surface area (Å²) in [5, 5.41) is 11.5. The molecular formula is C10H22N4O2. The van der Waals surface area contributed by atoms with Gasteiger partial charge < -0.3 is 15.7 Å². The van der Waals surface area contributed by atoms with E-state index < -0.39 is 0 Å². The molecule has 94 valence electrons. The van der Waals surface area contributed by atoms with E-state index in [1.165, 1.54) is 0 Å². The van der Waals surface area contributed by atoms with E-state index in [1.54, 1.807) is 7.11 Å². The highest BCUT2D eigenvalue weighted by molar-refractivity contribution is 5.81. The minimum absolute atomic E-state index is 0.276. The summed E-state index contributed by atoms with van der Waals surface area (Å²) in [6.45, 7) is 7.38. The second-order valence-corrected chi connectivity index (χ2v) is 4.21. The Hall–Kier alpha value is -0.850. The third-order valence-corrected chi connectivity index (χ3v) is 2.95. The summed E-state index contributed by atoms with van der Waals surface area (Å²) < 4.78 is 5.14. The van der Waals surface area contributed by atoms with Crippen LogP contribution in [0.15, 0.2) is 5.16 Å². The zero-order valence-electron chi connectivity index (χ0n) is 10.1. The van der Waals surface area contributed by atoms with Crippen LogP contribution < -0.4 is 5.73 Å².